The minimum atomic E-state index is -2.65. The molecule has 0 spiro atoms. The Labute approximate surface area is 208 Å². The lowest BCUT2D eigenvalue weighted by atomic mass is 9.49. The predicted octanol–water partition coefficient (Wildman–Crippen LogP) is 1.95. The summed E-state index contributed by atoms with van der Waals surface area (Å²) in [4.78, 5) is 41.4. The van der Waals surface area contributed by atoms with Gasteiger partial charge in [0.2, 0.25) is 5.78 Å². The molecular formula is C27H32N2O7. The molecule has 9 nitrogen and oxygen atoms in total. The minimum absolute atomic E-state index is 0.0311. The van der Waals surface area contributed by atoms with Gasteiger partial charge in [-0.25, -0.2) is 0 Å². The van der Waals surface area contributed by atoms with Gasteiger partial charge in [-0.2, -0.15) is 0 Å². The maximum Gasteiger partial charge on any atom is 0.255 e. The number of phenolic OH excluding ortho intramolecular Hbond substituents is 1. The van der Waals surface area contributed by atoms with Gasteiger partial charge in [0.15, 0.2) is 11.4 Å². The fourth-order valence-corrected chi connectivity index (χ4v) is 7.29. The summed E-state index contributed by atoms with van der Waals surface area (Å²) in [6, 6.07) is 3.79. The summed E-state index contributed by atoms with van der Waals surface area (Å²) in [6.45, 7) is 3.92. The molecule has 6 N–H and O–H groups in total. The molecule has 0 radical (unpaired) electrons. The molecular weight excluding hydrogens is 464 g/mol. The molecule has 1 aromatic rings. The number of Topliss-reactive ketones (excluding diaryl/α,β-unsaturated/α-hetero) is 2. The molecule has 7 unspecified atom stereocenters. The first-order valence-corrected chi connectivity index (χ1v) is 12.3. The van der Waals surface area contributed by atoms with Crippen molar-refractivity contribution >= 4 is 17.5 Å². The Morgan fingerprint density at radius 2 is 1.81 bits per heavy atom. The molecule has 1 fully saturated rings. The van der Waals surface area contributed by atoms with Gasteiger partial charge < -0.3 is 26.2 Å². The van der Waals surface area contributed by atoms with E-state index in [1.807, 2.05) is 13.8 Å². The topological polar surface area (TPSA) is 161 Å². The van der Waals surface area contributed by atoms with Gasteiger partial charge in [0.1, 0.15) is 22.8 Å². The number of aromatic hydroxyl groups is 1. The standard InChI is InChI=1S/C27H32N2O7/c1-10(12-8-9-12)16-15-11(2)13-6-5-7-14(30)17(13)22(31)18(15)24(33)27(36)20(16)21(29(3)4)23(32)19(25(27)34)26(28)35/h5-7,10-12,15-16,20-21,30,32-33,36H,8-9H2,1-4H3,(H2,28,35). The van der Waals surface area contributed by atoms with E-state index in [4.69, 9.17) is 5.73 Å². The SMILES string of the molecule is CC1c2cccc(O)c2C(=O)C2=C(O)C3(O)C(=O)C(C(N)=O)=C(O)C(N(C)C)C3C(C(C)C3CC3)C21. The Hall–Kier alpha value is -3.17. The summed E-state index contributed by atoms with van der Waals surface area (Å²) in [5.41, 5.74) is 2.55. The highest BCUT2D eigenvalue weighted by Crippen LogP contribution is 2.61. The molecule has 4 aliphatic carbocycles. The molecule has 1 saturated carbocycles. The number of carbonyl (C=O) groups is 3. The van der Waals surface area contributed by atoms with E-state index in [-0.39, 0.29) is 34.6 Å². The highest BCUT2D eigenvalue weighted by molar-refractivity contribution is 6.24. The average molecular weight is 497 g/mol. The van der Waals surface area contributed by atoms with Crippen molar-refractivity contribution in [3.63, 3.8) is 0 Å². The summed E-state index contributed by atoms with van der Waals surface area (Å²) >= 11 is 0. The number of phenols is 1. The van der Waals surface area contributed by atoms with Gasteiger partial charge in [0, 0.05) is 17.4 Å². The van der Waals surface area contributed by atoms with Gasteiger partial charge in [-0.15, -0.1) is 0 Å². The van der Waals surface area contributed by atoms with Crippen LogP contribution in [-0.2, 0) is 9.59 Å². The van der Waals surface area contributed by atoms with Crippen LogP contribution in [0.1, 0.15) is 48.5 Å². The molecule has 0 bridgehead atoms. The van der Waals surface area contributed by atoms with Crippen molar-refractivity contribution in [1.29, 1.82) is 0 Å². The van der Waals surface area contributed by atoms with Crippen LogP contribution in [0.2, 0.25) is 0 Å². The quantitative estimate of drug-likeness (QED) is 0.395. The summed E-state index contributed by atoms with van der Waals surface area (Å²) in [6.07, 6.45) is 1.91. The van der Waals surface area contributed by atoms with Crippen molar-refractivity contribution < 1.29 is 34.8 Å². The summed E-state index contributed by atoms with van der Waals surface area (Å²) in [5, 5.41) is 45.4. The second kappa shape index (κ2) is 7.91. The van der Waals surface area contributed by atoms with Crippen LogP contribution in [0.15, 0.2) is 40.9 Å². The van der Waals surface area contributed by atoms with E-state index >= 15 is 0 Å². The van der Waals surface area contributed by atoms with Crippen LogP contribution in [0.25, 0.3) is 0 Å². The minimum Gasteiger partial charge on any atom is -0.510 e. The van der Waals surface area contributed by atoms with Gasteiger partial charge in [0.25, 0.3) is 5.91 Å². The molecule has 1 amide bonds. The number of rotatable bonds is 4. The fourth-order valence-electron chi connectivity index (χ4n) is 7.29. The highest BCUT2D eigenvalue weighted by Gasteiger charge is 2.68. The highest BCUT2D eigenvalue weighted by atomic mass is 16.3. The first kappa shape index (κ1) is 24.5. The number of ketones is 2. The number of allylic oxidation sites excluding steroid dienone is 1. The molecule has 1 aromatic carbocycles. The molecule has 192 valence electrons. The number of carbonyl (C=O) groups excluding carboxylic acids is 3. The van der Waals surface area contributed by atoms with Crippen LogP contribution < -0.4 is 5.73 Å². The van der Waals surface area contributed by atoms with E-state index in [2.05, 4.69) is 0 Å². The van der Waals surface area contributed by atoms with Crippen LogP contribution in [-0.4, -0.2) is 68.5 Å². The van der Waals surface area contributed by atoms with Gasteiger partial charge in [0.05, 0.1) is 11.6 Å². The van der Waals surface area contributed by atoms with Crippen LogP contribution in [0.3, 0.4) is 0 Å². The zero-order valence-corrected chi connectivity index (χ0v) is 20.7. The number of amides is 1. The lowest BCUT2D eigenvalue weighted by Crippen LogP contribution is -2.67. The molecule has 0 aromatic heterocycles. The van der Waals surface area contributed by atoms with E-state index in [1.54, 1.807) is 31.1 Å². The Morgan fingerprint density at radius 1 is 1.17 bits per heavy atom. The summed E-state index contributed by atoms with van der Waals surface area (Å²) < 4.78 is 0. The zero-order chi connectivity index (χ0) is 26.4. The normalized spacial score (nSPS) is 34.9. The number of hydrogen-bond acceptors (Lipinski definition) is 8. The second-order valence-electron chi connectivity index (χ2n) is 11.1. The molecule has 36 heavy (non-hydrogen) atoms. The van der Waals surface area contributed by atoms with Crippen LogP contribution in [0, 0.1) is 29.6 Å². The number of fused-ring (bicyclic) bond motifs is 3. The molecule has 0 saturated heterocycles. The Balaban J connectivity index is 1.86. The van der Waals surface area contributed by atoms with E-state index in [0.29, 0.717) is 5.56 Å². The number of primary amides is 1. The number of hydrogen-bond donors (Lipinski definition) is 5. The number of aliphatic hydroxyl groups excluding tert-OH is 2. The maximum absolute atomic E-state index is 13.8. The predicted molar refractivity (Wildman–Crippen MR) is 129 cm³/mol. The first-order chi connectivity index (χ1) is 16.8. The fraction of sp³-hybridized carbons (Fsp3) is 0.519. The van der Waals surface area contributed by atoms with E-state index in [0.717, 1.165) is 12.8 Å². The van der Waals surface area contributed by atoms with Gasteiger partial charge in [-0.1, -0.05) is 26.0 Å². The van der Waals surface area contributed by atoms with Crippen LogP contribution in [0.4, 0.5) is 0 Å². The van der Waals surface area contributed by atoms with Crippen molar-refractivity contribution in [1.82, 2.24) is 4.90 Å². The Kier molecular flexibility index (Phi) is 5.39. The van der Waals surface area contributed by atoms with Gasteiger partial charge >= 0.3 is 0 Å². The third-order valence-electron chi connectivity index (χ3n) is 9.06. The zero-order valence-electron chi connectivity index (χ0n) is 20.7. The molecule has 4 aliphatic rings. The Morgan fingerprint density at radius 3 is 2.36 bits per heavy atom. The maximum atomic E-state index is 13.8. The largest absolute Gasteiger partial charge is 0.510 e. The number of nitrogens with zero attached hydrogens (tertiary/aromatic N) is 1. The number of aliphatic hydroxyl groups is 3. The lowest BCUT2D eigenvalue weighted by Gasteiger charge is -2.56. The smallest absolute Gasteiger partial charge is 0.255 e. The van der Waals surface area contributed by atoms with Crippen LogP contribution >= 0.6 is 0 Å². The summed E-state index contributed by atoms with van der Waals surface area (Å²) in [5.74, 6) is -7.02. The molecule has 0 aliphatic heterocycles. The van der Waals surface area contributed by atoms with Crippen molar-refractivity contribution in [2.45, 2.75) is 44.2 Å². The number of benzene rings is 1. The number of nitrogens with two attached hydrogens (primary N) is 1. The molecule has 5 rings (SSSR count). The van der Waals surface area contributed by atoms with Crippen molar-refractivity contribution in [2.24, 2.45) is 35.3 Å². The van der Waals surface area contributed by atoms with Crippen molar-refractivity contribution in [2.75, 3.05) is 14.1 Å². The second-order valence-corrected chi connectivity index (χ2v) is 11.1. The van der Waals surface area contributed by atoms with Gasteiger partial charge in [-0.3, -0.25) is 19.3 Å². The van der Waals surface area contributed by atoms with E-state index < -0.39 is 64.0 Å². The molecule has 9 heteroatoms. The van der Waals surface area contributed by atoms with E-state index in [9.17, 15) is 34.8 Å². The lowest BCUT2D eigenvalue weighted by molar-refractivity contribution is -0.157. The third-order valence-corrected chi connectivity index (χ3v) is 9.06. The Bertz CT molecular complexity index is 1260. The third kappa shape index (κ3) is 2.99. The first-order valence-electron chi connectivity index (χ1n) is 12.3. The van der Waals surface area contributed by atoms with Crippen molar-refractivity contribution in [3.8, 4) is 5.75 Å². The summed E-state index contributed by atoms with van der Waals surface area (Å²) in [7, 11) is 3.29. The van der Waals surface area contributed by atoms with Crippen LogP contribution in [0.5, 0.6) is 5.75 Å². The molecule has 7 atom stereocenters. The monoisotopic (exact) mass is 496 g/mol. The average Bonchev–Trinajstić information content (AvgIpc) is 3.64. The molecule has 0 heterocycles. The van der Waals surface area contributed by atoms with Gasteiger partial charge in [-0.05, 0) is 62.2 Å². The number of likely N-dealkylation sites (N-methyl/N-ethyl adjacent to an activating group) is 1. The van der Waals surface area contributed by atoms with E-state index in [1.165, 1.54) is 6.07 Å². The van der Waals surface area contributed by atoms with Crippen molar-refractivity contribution in [3.05, 3.63) is 52.0 Å².